The SMILES string of the molecule is CCCCOC(C)(OCCCC)OC(C)[Si]. The minimum absolute atomic E-state index is 0.0896. The van der Waals surface area contributed by atoms with E-state index < -0.39 is 5.97 Å². The highest BCUT2D eigenvalue weighted by Crippen LogP contribution is 2.17. The molecule has 1 unspecified atom stereocenters. The number of unbranched alkanes of at least 4 members (excludes halogenated alkanes) is 2. The molecule has 0 bridgehead atoms. The van der Waals surface area contributed by atoms with E-state index in [1.165, 1.54) is 0 Å². The summed E-state index contributed by atoms with van der Waals surface area (Å²) in [6, 6.07) is 0. The van der Waals surface area contributed by atoms with E-state index in [4.69, 9.17) is 14.2 Å². The Morgan fingerprint density at radius 1 is 1.06 bits per heavy atom. The number of hydrogen-bond acceptors (Lipinski definition) is 3. The fraction of sp³-hybridized carbons (Fsp3) is 1.00. The Kier molecular flexibility index (Phi) is 9.22. The molecule has 0 aliphatic rings. The maximum absolute atomic E-state index is 5.65. The Hall–Kier alpha value is 0.0969. The molecule has 0 spiro atoms. The standard InChI is InChI=1S/C12H25O3Si/c1-5-7-9-13-12(4,15-11(3)16)14-10-8-6-2/h11H,5-10H2,1-4H3. The molecule has 3 radical (unpaired) electrons. The van der Waals surface area contributed by atoms with Gasteiger partial charge in [0.05, 0.1) is 23.5 Å². The van der Waals surface area contributed by atoms with Gasteiger partial charge in [-0.1, -0.05) is 26.7 Å². The van der Waals surface area contributed by atoms with Crippen LogP contribution >= 0.6 is 0 Å². The molecule has 0 heterocycles. The first-order chi connectivity index (χ1) is 7.54. The number of hydrogen-bond donors (Lipinski definition) is 0. The van der Waals surface area contributed by atoms with Gasteiger partial charge in [-0.3, -0.25) is 0 Å². The van der Waals surface area contributed by atoms with Crippen molar-refractivity contribution in [2.45, 2.75) is 65.1 Å². The number of rotatable bonds is 10. The van der Waals surface area contributed by atoms with E-state index in [0.717, 1.165) is 25.7 Å². The smallest absolute Gasteiger partial charge is 0.279 e. The Morgan fingerprint density at radius 3 is 1.81 bits per heavy atom. The fourth-order valence-electron chi connectivity index (χ4n) is 1.23. The van der Waals surface area contributed by atoms with Crippen LogP contribution in [0.25, 0.3) is 0 Å². The van der Waals surface area contributed by atoms with Gasteiger partial charge in [-0.15, -0.1) is 0 Å². The van der Waals surface area contributed by atoms with Crippen molar-refractivity contribution in [2.24, 2.45) is 0 Å². The molecular formula is C12H25O3Si. The van der Waals surface area contributed by atoms with E-state index in [-0.39, 0.29) is 5.73 Å². The van der Waals surface area contributed by atoms with E-state index in [1.54, 1.807) is 0 Å². The van der Waals surface area contributed by atoms with E-state index in [0.29, 0.717) is 13.2 Å². The van der Waals surface area contributed by atoms with Crippen LogP contribution in [0.3, 0.4) is 0 Å². The molecular weight excluding hydrogens is 220 g/mol. The highest BCUT2D eigenvalue weighted by molar-refractivity contribution is 6.10. The van der Waals surface area contributed by atoms with Crippen molar-refractivity contribution in [1.82, 2.24) is 0 Å². The lowest BCUT2D eigenvalue weighted by atomic mass is 10.3. The van der Waals surface area contributed by atoms with Crippen LogP contribution < -0.4 is 0 Å². The molecule has 0 aromatic heterocycles. The Morgan fingerprint density at radius 2 is 1.50 bits per heavy atom. The second-order valence-electron chi connectivity index (χ2n) is 4.03. The first-order valence-electron chi connectivity index (χ1n) is 6.21. The molecule has 0 rings (SSSR count). The van der Waals surface area contributed by atoms with Gasteiger partial charge in [-0.05, 0) is 19.8 Å². The zero-order valence-electron chi connectivity index (χ0n) is 11.0. The summed E-state index contributed by atoms with van der Waals surface area (Å²) in [6.45, 7) is 9.32. The van der Waals surface area contributed by atoms with Crippen LogP contribution in [0.2, 0.25) is 0 Å². The van der Waals surface area contributed by atoms with Crippen molar-refractivity contribution in [2.75, 3.05) is 13.2 Å². The zero-order valence-corrected chi connectivity index (χ0v) is 12.0. The molecule has 0 amide bonds. The topological polar surface area (TPSA) is 27.7 Å². The van der Waals surface area contributed by atoms with Gasteiger partial charge in [0.25, 0.3) is 5.97 Å². The third kappa shape index (κ3) is 8.27. The molecule has 0 aromatic rings. The predicted octanol–water partition coefficient (Wildman–Crippen LogP) is 2.82. The summed E-state index contributed by atoms with van der Waals surface area (Å²) >= 11 is 0. The molecule has 0 aliphatic heterocycles. The van der Waals surface area contributed by atoms with Crippen molar-refractivity contribution >= 4 is 10.2 Å². The first kappa shape index (κ1) is 16.1. The first-order valence-corrected chi connectivity index (χ1v) is 6.78. The Balaban J connectivity index is 4.02. The molecule has 1 atom stereocenters. The van der Waals surface area contributed by atoms with Crippen LogP contribution in [0.1, 0.15) is 53.4 Å². The third-order valence-corrected chi connectivity index (χ3v) is 2.23. The highest BCUT2D eigenvalue weighted by Gasteiger charge is 2.28. The minimum Gasteiger partial charge on any atom is -0.329 e. The molecule has 95 valence electrons. The minimum atomic E-state index is -0.925. The van der Waals surface area contributed by atoms with Crippen LogP contribution in [0.15, 0.2) is 0 Å². The van der Waals surface area contributed by atoms with Crippen molar-refractivity contribution in [3.63, 3.8) is 0 Å². The van der Waals surface area contributed by atoms with E-state index in [2.05, 4.69) is 24.1 Å². The summed E-state index contributed by atoms with van der Waals surface area (Å²) in [6.07, 6.45) is 4.25. The average molecular weight is 245 g/mol. The van der Waals surface area contributed by atoms with Crippen molar-refractivity contribution < 1.29 is 14.2 Å². The van der Waals surface area contributed by atoms with Crippen molar-refractivity contribution in [1.29, 1.82) is 0 Å². The fourth-order valence-corrected chi connectivity index (χ4v) is 1.45. The summed E-state index contributed by atoms with van der Waals surface area (Å²) < 4.78 is 16.9. The Labute approximate surface area is 103 Å². The third-order valence-electron chi connectivity index (χ3n) is 2.12. The largest absolute Gasteiger partial charge is 0.329 e. The van der Waals surface area contributed by atoms with Crippen molar-refractivity contribution in [3.05, 3.63) is 0 Å². The van der Waals surface area contributed by atoms with Gasteiger partial charge in [-0.25, -0.2) is 0 Å². The van der Waals surface area contributed by atoms with E-state index in [1.807, 2.05) is 13.8 Å². The molecule has 0 aliphatic carbocycles. The van der Waals surface area contributed by atoms with Gasteiger partial charge in [0.1, 0.15) is 0 Å². The highest BCUT2D eigenvalue weighted by atomic mass is 28.1. The molecule has 4 heteroatoms. The Bertz CT molecular complexity index is 152. The van der Waals surface area contributed by atoms with E-state index in [9.17, 15) is 0 Å². The van der Waals surface area contributed by atoms with Crippen LogP contribution in [-0.4, -0.2) is 35.2 Å². The second kappa shape index (κ2) is 9.16. The van der Waals surface area contributed by atoms with Gasteiger partial charge in [0.2, 0.25) is 0 Å². The summed E-state index contributed by atoms with van der Waals surface area (Å²) in [5.41, 5.74) is -0.0896. The maximum Gasteiger partial charge on any atom is 0.279 e. The molecule has 0 saturated carbocycles. The molecule has 0 saturated heterocycles. The average Bonchev–Trinajstić information content (AvgIpc) is 2.17. The van der Waals surface area contributed by atoms with Gasteiger partial charge in [-0.2, -0.15) is 0 Å². The van der Waals surface area contributed by atoms with Crippen LogP contribution in [0, 0.1) is 0 Å². The maximum atomic E-state index is 5.65. The van der Waals surface area contributed by atoms with Gasteiger partial charge < -0.3 is 14.2 Å². The van der Waals surface area contributed by atoms with Crippen LogP contribution in [0.4, 0.5) is 0 Å². The lowest BCUT2D eigenvalue weighted by Gasteiger charge is -2.31. The monoisotopic (exact) mass is 245 g/mol. The molecule has 0 aromatic carbocycles. The van der Waals surface area contributed by atoms with Crippen LogP contribution in [-0.2, 0) is 14.2 Å². The quantitative estimate of drug-likeness (QED) is 0.336. The van der Waals surface area contributed by atoms with Gasteiger partial charge in [0, 0.05) is 12.7 Å². The van der Waals surface area contributed by atoms with Gasteiger partial charge >= 0.3 is 0 Å². The van der Waals surface area contributed by atoms with Crippen molar-refractivity contribution in [3.8, 4) is 0 Å². The van der Waals surface area contributed by atoms with Crippen LogP contribution in [0.5, 0.6) is 0 Å². The zero-order chi connectivity index (χ0) is 12.4. The summed E-state index contributed by atoms with van der Waals surface area (Å²) in [4.78, 5) is 0. The second-order valence-corrected chi connectivity index (χ2v) is 4.84. The molecule has 16 heavy (non-hydrogen) atoms. The molecule has 3 nitrogen and oxygen atoms in total. The normalized spacial score (nSPS) is 14.1. The van der Waals surface area contributed by atoms with E-state index >= 15 is 0 Å². The summed E-state index contributed by atoms with van der Waals surface area (Å²) in [7, 11) is 3.40. The molecule has 0 fully saturated rings. The lowest BCUT2D eigenvalue weighted by molar-refractivity contribution is -0.374. The lowest BCUT2D eigenvalue weighted by Crippen LogP contribution is -2.39. The number of ether oxygens (including phenoxy) is 3. The summed E-state index contributed by atoms with van der Waals surface area (Å²) in [5, 5.41) is 0. The summed E-state index contributed by atoms with van der Waals surface area (Å²) in [5.74, 6) is -0.925. The van der Waals surface area contributed by atoms with Gasteiger partial charge in [0.15, 0.2) is 0 Å². The molecule has 0 N–H and O–H groups in total. The predicted molar refractivity (Wildman–Crippen MR) is 66.4 cm³/mol.